The van der Waals surface area contributed by atoms with Gasteiger partial charge in [0.2, 0.25) is 10.0 Å². The van der Waals surface area contributed by atoms with Crippen LogP contribution in [0.3, 0.4) is 0 Å². The van der Waals surface area contributed by atoms with Crippen molar-refractivity contribution in [3.63, 3.8) is 0 Å². The molecule has 2 saturated heterocycles. The molecule has 1 amide bonds. The molecule has 2 aliphatic rings. The highest BCUT2D eigenvalue weighted by Gasteiger charge is 2.30. The highest BCUT2D eigenvalue weighted by Crippen LogP contribution is 2.28. The molecule has 25 heavy (non-hydrogen) atoms. The topological polar surface area (TPSA) is 66.9 Å². The molecule has 2 fully saturated rings. The summed E-state index contributed by atoms with van der Waals surface area (Å²) in [4.78, 5) is 14.6. The Balaban J connectivity index is 1.91. The van der Waals surface area contributed by atoms with Gasteiger partial charge in [0, 0.05) is 31.2 Å². The number of nitrogens with zero attached hydrogens (tertiary/aromatic N) is 2. The molecular weight excluding hydrogens is 364 g/mol. The van der Waals surface area contributed by atoms with Gasteiger partial charge in [0.25, 0.3) is 5.91 Å². The van der Waals surface area contributed by atoms with Crippen molar-refractivity contribution in [3.05, 3.63) is 28.8 Å². The Kier molecular flexibility index (Phi) is 5.68. The van der Waals surface area contributed by atoms with E-state index in [1.165, 1.54) is 16.4 Å². The molecule has 2 heterocycles. The third-order valence-corrected chi connectivity index (χ3v) is 7.21. The first-order chi connectivity index (χ1) is 11.9. The zero-order chi connectivity index (χ0) is 18.0. The van der Waals surface area contributed by atoms with E-state index < -0.39 is 10.0 Å². The first kappa shape index (κ1) is 18.6. The second kappa shape index (κ2) is 7.61. The summed E-state index contributed by atoms with van der Waals surface area (Å²) in [5.74, 6) is -0.137. The standard InChI is InChI=1S/C17H23ClN2O4S/c1-13-4-2-3-7-20(13)17(21)14-5-6-15(18)16(12-14)25(22,23)19-8-10-24-11-9-19/h5-6,12-13H,2-4,7-11H2,1H3/t13-/m1/s1. The number of carbonyl (C=O) groups excluding carboxylic acids is 1. The van der Waals surface area contributed by atoms with Crippen molar-refractivity contribution < 1.29 is 17.9 Å². The maximum absolute atomic E-state index is 12.9. The van der Waals surface area contributed by atoms with Crippen LogP contribution in [0.4, 0.5) is 0 Å². The van der Waals surface area contributed by atoms with Crippen molar-refractivity contribution in [1.82, 2.24) is 9.21 Å². The van der Waals surface area contributed by atoms with Crippen LogP contribution in [-0.2, 0) is 14.8 Å². The maximum Gasteiger partial charge on any atom is 0.254 e. The van der Waals surface area contributed by atoms with Crippen molar-refractivity contribution in [3.8, 4) is 0 Å². The second-order valence-corrected chi connectivity index (χ2v) is 8.82. The Bertz CT molecular complexity index is 747. The largest absolute Gasteiger partial charge is 0.379 e. The van der Waals surface area contributed by atoms with E-state index >= 15 is 0 Å². The number of halogens is 1. The minimum Gasteiger partial charge on any atom is -0.379 e. The fourth-order valence-electron chi connectivity index (χ4n) is 3.33. The van der Waals surface area contributed by atoms with Gasteiger partial charge in [0.1, 0.15) is 4.90 Å². The number of carbonyl (C=O) groups is 1. The van der Waals surface area contributed by atoms with E-state index in [0.29, 0.717) is 38.4 Å². The lowest BCUT2D eigenvalue weighted by Crippen LogP contribution is -2.42. The van der Waals surface area contributed by atoms with E-state index in [4.69, 9.17) is 16.3 Å². The Labute approximate surface area is 153 Å². The lowest BCUT2D eigenvalue weighted by molar-refractivity contribution is 0.0635. The molecule has 0 saturated carbocycles. The number of hydrogen-bond acceptors (Lipinski definition) is 4. The smallest absolute Gasteiger partial charge is 0.254 e. The first-order valence-corrected chi connectivity index (χ1v) is 10.4. The molecule has 138 valence electrons. The quantitative estimate of drug-likeness (QED) is 0.799. The Morgan fingerprint density at radius 2 is 1.92 bits per heavy atom. The zero-order valence-electron chi connectivity index (χ0n) is 14.3. The Hall–Kier alpha value is -1.15. The molecule has 0 aromatic heterocycles. The molecule has 1 aromatic rings. The summed E-state index contributed by atoms with van der Waals surface area (Å²) in [5.41, 5.74) is 0.366. The van der Waals surface area contributed by atoms with Gasteiger partial charge in [0.05, 0.1) is 18.2 Å². The predicted molar refractivity (Wildman–Crippen MR) is 95.4 cm³/mol. The first-order valence-electron chi connectivity index (χ1n) is 8.59. The highest BCUT2D eigenvalue weighted by atomic mass is 35.5. The average molecular weight is 387 g/mol. The van der Waals surface area contributed by atoms with Crippen LogP contribution in [0.5, 0.6) is 0 Å². The van der Waals surface area contributed by atoms with Crippen LogP contribution < -0.4 is 0 Å². The Morgan fingerprint density at radius 3 is 2.60 bits per heavy atom. The van der Waals surface area contributed by atoms with Gasteiger partial charge in [-0.15, -0.1) is 0 Å². The molecule has 0 N–H and O–H groups in total. The summed E-state index contributed by atoms with van der Waals surface area (Å²) in [7, 11) is -3.74. The number of amides is 1. The number of sulfonamides is 1. The molecule has 2 aliphatic heterocycles. The molecule has 3 rings (SSSR count). The van der Waals surface area contributed by atoms with Gasteiger partial charge in [-0.1, -0.05) is 11.6 Å². The van der Waals surface area contributed by atoms with Gasteiger partial charge in [-0.05, 0) is 44.4 Å². The molecule has 0 aliphatic carbocycles. The molecule has 1 atom stereocenters. The van der Waals surface area contributed by atoms with Crippen molar-refractivity contribution in [2.75, 3.05) is 32.8 Å². The summed E-state index contributed by atoms with van der Waals surface area (Å²) >= 11 is 6.16. The van der Waals surface area contributed by atoms with Crippen molar-refractivity contribution in [2.45, 2.75) is 37.1 Å². The van der Waals surface area contributed by atoms with E-state index in [2.05, 4.69) is 0 Å². The van der Waals surface area contributed by atoms with Gasteiger partial charge >= 0.3 is 0 Å². The summed E-state index contributed by atoms with van der Waals surface area (Å²) in [6.07, 6.45) is 3.06. The van der Waals surface area contributed by atoms with Gasteiger partial charge in [0.15, 0.2) is 0 Å². The van der Waals surface area contributed by atoms with Crippen LogP contribution in [0.25, 0.3) is 0 Å². The monoisotopic (exact) mass is 386 g/mol. The molecule has 0 unspecified atom stereocenters. The van der Waals surface area contributed by atoms with Crippen LogP contribution in [0.2, 0.25) is 5.02 Å². The van der Waals surface area contributed by atoms with E-state index in [1.54, 1.807) is 6.07 Å². The fourth-order valence-corrected chi connectivity index (χ4v) is 5.23. The minimum atomic E-state index is -3.74. The zero-order valence-corrected chi connectivity index (χ0v) is 15.9. The van der Waals surface area contributed by atoms with E-state index in [-0.39, 0.29) is 21.9 Å². The number of hydrogen-bond donors (Lipinski definition) is 0. The number of morpholine rings is 1. The lowest BCUT2D eigenvalue weighted by Gasteiger charge is -2.33. The molecule has 0 radical (unpaired) electrons. The van der Waals surface area contributed by atoms with Crippen LogP contribution in [0.1, 0.15) is 36.5 Å². The van der Waals surface area contributed by atoms with Gasteiger partial charge in [-0.3, -0.25) is 4.79 Å². The SMILES string of the molecule is C[C@@H]1CCCCN1C(=O)c1ccc(Cl)c(S(=O)(=O)N2CCOCC2)c1. The lowest BCUT2D eigenvalue weighted by atomic mass is 10.0. The van der Waals surface area contributed by atoms with Crippen LogP contribution in [0, 0.1) is 0 Å². The molecule has 0 bridgehead atoms. The maximum atomic E-state index is 12.9. The average Bonchev–Trinajstić information content (AvgIpc) is 2.62. The van der Waals surface area contributed by atoms with E-state index in [1.807, 2.05) is 11.8 Å². The fraction of sp³-hybridized carbons (Fsp3) is 0.588. The molecular formula is C17H23ClN2O4S. The van der Waals surface area contributed by atoms with Crippen molar-refractivity contribution in [1.29, 1.82) is 0 Å². The molecule has 6 nitrogen and oxygen atoms in total. The number of benzene rings is 1. The van der Waals surface area contributed by atoms with Crippen molar-refractivity contribution in [2.24, 2.45) is 0 Å². The number of rotatable bonds is 3. The third kappa shape index (κ3) is 3.84. The van der Waals surface area contributed by atoms with Gasteiger partial charge < -0.3 is 9.64 Å². The number of ether oxygens (including phenoxy) is 1. The number of piperidine rings is 1. The van der Waals surface area contributed by atoms with Gasteiger partial charge in [-0.2, -0.15) is 4.31 Å². The molecule has 8 heteroatoms. The Morgan fingerprint density at radius 1 is 1.20 bits per heavy atom. The predicted octanol–water partition coefficient (Wildman–Crippen LogP) is 2.38. The van der Waals surface area contributed by atoms with Crippen LogP contribution >= 0.6 is 11.6 Å². The van der Waals surface area contributed by atoms with E-state index in [9.17, 15) is 13.2 Å². The van der Waals surface area contributed by atoms with Crippen LogP contribution in [-0.4, -0.2) is 62.4 Å². The summed E-state index contributed by atoms with van der Waals surface area (Å²) < 4.78 is 32.3. The summed E-state index contributed by atoms with van der Waals surface area (Å²) in [6, 6.07) is 4.67. The molecule has 1 aromatic carbocycles. The third-order valence-electron chi connectivity index (χ3n) is 4.83. The second-order valence-electron chi connectivity index (χ2n) is 6.51. The van der Waals surface area contributed by atoms with E-state index in [0.717, 1.165) is 19.3 Å². The normalized spacial score (nSPS) is 22.8. The minimum absolute atomic E-state index is 0.00780. The number of likely N-dealkylation sites (tertiary alicyclic amines) is 1. The van der Waals surface area contributed by atoms with Gasteiger partial charge in [-0.25, -0.2) is 8.42 Å². The summed E-state index contributed by atoms with van der Waals surface area (Å²) in [6.45, 7) is 4.04. The van der Waals surface area contributed by atoms with Crippen LogP contribution in [0.15, 0.2) is 23.1 Å². The highest BCUT2D eigenvalue weighted by molar-refractivity contribution is 7.89. The van der Waals surface area contributed by atoms with Crippen molar-refractivity contribution >= 4 is 27.5 Å². The molecule has 0 spiro atoms. The summed E-state index contributed by atoms with van der Waals surface area (Å²) in [5, 5.41) is 0.134.